The molecule has 0 aliphatic carbocycles. The molecule has 4 aromatic rings. The van der Waals surface area contributed by atoms with Crippen LogP contribution in [-0.2, 0) is 29.0 Å². The molecular weight excluding hydrogens is 447 g/mol. The van der Waals surface area contributed by atoms with Gasteiger partial charge in [0.1, 0.15) is 23.8 Å². The van der Waals surface area contributed by atoms with Gasteiger partial charge in [0.2, 0.25) is 0 Å². The first-order chi connectivity index (χ1) is 16.8. The number of benzene rings is 3. The van der Waals surface area contributed by atoms with Crippen molar-refractivity contribution in [2.24, 2.45) is 0 Å². The summed E-state index contributed by atoms with van der Waals surface area (Å²) in [7, 11) is 0. The van der Waals surface area contributed by atoms with Gasteiger partial charge >= 0.3 is 11.6 Å². The standard InChI is InChI=1S/C29H27FO5/c1-18(2)34-26-14-13-23-19(3)24(15-20-7-5-4-6-8-20)29(32)35-28(23)25(26)17-33-27(31)16-21-9-11-22(30)12-10-21/h4-14,18H,15-17H2,1-3H3. The first-order valence-corrected chi connectivity index (χ1v) is 11.5. The zero-order valence-electron chi connectivity index (χ0n) is 20.0. The third kappa shape index (κ3) is 5.77. The SMILES string of the molecule is Cc1c(Cc2ccccc2)c(=O)oc2c(COC(=O)Cc3ccc(F)cc3)c(OC(C)C)ccc12. The Morgan fingerprint density at radius 1 is 0.943 bits per heavy atom. The summed E-state index contributed by atoms with van der Waals surface area (Å²) in [5.41, 5.74) is 3.46. The minimum Gasteiger partial charge on any atom is -0.490 e. The number of ether oxygens (including phenoxy) is 2. The molecule has 0 fully saturated rings. The molecule has 35 heavy (non-hydrogen) atoms. The molecule has 180 valence electrons. The van der Waals surface area contributed by atoms with Crippen molar-refractivity contribution in [2.75, 3.05) is 0 Å². The van der Waals surface area contributed by atoms with Gasteiger partial charge in [-0.15, -0.1) is 0 Å². The van der Waals surface area contributed by atoms with Crippen LogP contribution < -0.4 is 10.4 Å². The number of hydrogen-bond acceptors (Lipinski definition) is 5. The molecule has 1 aromatic heterocycles. The number of aryl methyl sites for hydroxylation is 1. The molecule has 0 radical (unpaired) electrons. The third-order valence-corrected chi connectivity index (χ3v) is 5.74. The van der Waals surface area contributed by atoms with Crippen LogP contribution in [0.15, 0.2) is 75.9 Å². The molecule has 4 rings (SSSR count). The Balaban J connectivity index is 1.67. The third-order valence-electron chi connectivity index (χ3n) is 5.74. The molecule has 0 bridgehead atoms. The van der Waals surface area contributed by atoms with Gasteiger partial charge in [-0.2, -0.15) is 0 Å². The Morgan fingerprint density at radius 2 is 1.66 bits per heavy atom. The Hall–Kier alpha value is -3.93. The van der Waals surface area contributed by atoms with Gasteiger partial charge in [-0.25, -0.2) is 9.18 Å². The summed E-state index contributed by atoms with van der Waals surface area (Å²) in [6, 6.07) is 19.1. The van der Waals surface area contributed by atoms with Crippen molar-refractivity contribution >= 4 is 16.9 Å². The molecule has 6 heteroatoms. The molecular formula is C29H27FO5. The highest BCUT2D eigenvalue weighted by Crippen LogP contribution is 2.32. The fraction of sp³-hybridized carbons (Fsp3) is 0.241. The summed E-state index contributed by atoms with van der Waals surface area (Å²) >= 11 is 0. The molecule has 3 aromatic carbocycles. The van der Waals surface area contributed by atoms with Gasteiger partial charge in [-0.05, 0) is 61.7 Å². The molecule has 0 amide bonds. The molecule has 0 saturated heterocycles. The quantitative estimate of drug-likeness (QED) is 0.235. The first-order valence-electron chi connectivity index (χ1n) is 11.5. The van der Waals surface area contributed by atoms with E-state index in [1.54, 1.807) is 12.1 Å². The lowest BCUT2D eigenvalue weighted by atomic mass is 9.98. The summed E-state index contributed by atoms with van der Waals surface area (Å²) in [5.74, 6) is -0.366. The van der Waals surface area contributed by atoms with Crippen LogP contribution in [0.1, 0.15) is 41.7 Å². The summed E-state index contributed by atoms with van der Waals surface area (Å²) in [5, 5.41) is 0.760. The Labute approximate surface area is 203 Å². The molecule has 0 aliphatic rings. The smallest absolute Gasteiger partial charge is 0.340 e. The largest absolute Gasteiger partial charge is 0.490 e. The second-order valence-corrected chi connectivity index (χ2v) is 8.70. The van der Waals surface area contributed by atoms with E-state index in [-0.39, 0.29) is 24.9 Å². The monoisotopic (exact) mass is 474 g/mol. The maximum Gasteiger partial charge on any atom is 0.340 e. The van der Waals surface area contributed by atoms with E-state index in [0.717, 1.165) is 16.5 Å². The summed E-state index contributed by atoms with van der Waals surface area (Å²) in [6.45, 7) is 5.54. The Kier molecular flexibility index (Phi) is 7.30. The average molecular weight is 475 g/mol. The normalized spacial score (nSPS) is 11.1. The van der Waals surface area contributed by atoms with Crippen LogP contribution in [0.2, 0.25) is 0 Å². The lowest BCUT2D eigenvalue weighted by molar-refractivity contribution is -0.144. The average Bonchev–Trinajstić information content (AvgIpc) is 2.83. The molecule has 0 spiro atoms. The zero-order chi connectivity index (χ0) is 24.9. The molecule has 0 N–H and O–H groups in total. The van der Waals surface area contributed by atoms with E-state index in [1.165, 1.54) is 12.1 Å². The Morgan fingerprint density at radius 3 is 2.34 bits per heavy atom. The van der Waals surface area contributed by atoms with Crippen molar-refractivity contribution in [3.63, 3.8) is 0 Å². The maximum absolute atomic E-state index is 13.1. The number of hydrogen-bond donors (Lipinski definition) is 0. The van der Waals surface area contributed by atoms with E-state index >= 15 is 0 Å². The topological polar surface area (TPSA) is 65.7 Å². The van der Waals surface area contributed by atoms with Gasteiger partial charge in [-0.1, -0.05) is 42.5 Å². The molecule has 0 aliphatic heterocycles. The number of carbonyl (C=O) groups is 1. The highest BCUT2D eigenvalue weighted by Gasteiger charge is 2.20. The Bertz CT molecular complexity index is 1390. The second-order valence-electron chi connectivity index (χ2n) is 8.70. The maximum atomic E-state index is 13.1. The van der Waals surface area contributed by atoms with Crippen LogP contribution in [0.5, 0.6) is 5.75 Å². The van der Waals surface area contributed by atoms with E-state index in [0.29, 0.717) is 34.4 Å². The number of halogens is 1. The molecule has 5 nitrogen and oxygen atoms in total. The van der Waals surface area contributed by atoms with Gasteiger partial charge in [0.15, 0.2) is 0 Å². The second kappa shape index (κ2) is 10.6. The highest BCUT2D eigenvalue weighted by atomic mass is 19.1. The summed E-state index contributed by atoms with van der Waals surface area (Å²) in [6.07, 6.45) is 0.318. The van der Waals surface area contributed by atoms with Crippen molar-refractivity contribution in [3.05, 3.63) is 111 Å². The van der Waals surface area contributed by atoms with Crippen LogP contribution in [-0.4, -0.2) is 12.1 Å². The van der Waals surface area contributed by atoms with Crippen LogP contribution in [0, 0.1) is 12.7 Å². The zero-order valence-corrected chi connectivity index (χ0v) is 20.0. The number of carbonyl (C=O) groups excluding carboxylic acids is 1. The van der Waals surface area contributed by atoms with Crippen molar-refractivity contribution in [2.45, 2.75) is 46.3 Å². The van der Waals surface area contributed by atoms with E-state index < -0.39 is 11.6 Å². The van der Waals surface area contributed by atoms with Crippen LogP contribution in [0.25, 0.3) is 11.0 Å². The van der Waals surface area contributed by atoms with Gasteiger partial charge in [0.25, 0.3) is 0 Å². The van der Waals surface area contributed by atoms with Crippen molar-refractivity contribution in [1.82, 2.24) is 0 Å². The van der Waals surface area contributed by atoms with E-state index in [4.69, 9.17) is 13.9 Å². The molecule has 1 heterocycles. The van der Waals surface area contributed by atoms with Gasteiger partial charge in [0, 0.05) is 17.4 Å². The molecule has 0 saturated carbocycles. The lowest BCUT2D eigenvalue weighted by Crippen LogP contribution is -2.14. The minimum absolute atomic E-state index is 0.00435. The van der Waals surface area contributed by atoms with Crippen molar-refractivity contribution in [3.8, 4) is 5.75 Å². The molecule has 0 atom stereocenters. The predicted octanol–water partition coefficient (Wildman–Crippen LogP) is 5.90. The predicted molar refractivity (Wildman–Crippen MR) is 132 cm³/mol. The lowest BCUT2D eigenvalue weighted by Gasteiger charge is -2.17. The molecule has 0 unspecified atom stereocenters. The van der Waals surface area contributed by atoms with Gasteiger partial charge in [0.05, 0.1) is 18.1 Å². The van der Waals surface area contributed by atoms with Crippen molar-refractivity contribution in [1.29, 1.82) is 0 Å². The van der Waals surface area contributed by atoms with Gasteiger partial charge in [-0.3, -0.25) is 4.79 Å². The van der Waals surface area contributed by atoms with Crippen LogP contribution in [0.3, 0.4) is 0 Å². The summed E-state index contributed by atoms with van der Waals surface area (Å²) < 4.78 is 30.4. The first kappa shape index (κ1) is 24.2. The van der Waals surface area contributed by atoms with Crippen LogP contribution in [0.4, 0.5) is 4.39 Å². The highest BCUT2D eigenvalue weighted by molar-refractivity contribution is 5.86. The number of esters is 1. The van der Waals surface area contributed by atoms with E-state index in [2.05, 4.69) is 0 Å². The van der Waals surface area contributed by atoms with Crippen molar-refractivity contribution < 1.29 is 23.1 Å². The van der Waals surface area contributed by atoms with Crippen LogP contribution >= 0.6 is 0 Å². The van der Waals surface area contributed by atoms with E-state index in [1.807, 2.05) is 63.2 Å². The van der Waals surface area contributed by atoms with E-state index in [9.17, 15) is 14.0 Å². The number of rotatable bonds is 8. The fourth-order valence-corrected chi connectivity index (χ4v) is 3.97. The summed E-state index contributed by atoms with van der Waals surface area (Å²) in [4.78, 5) is 25.5. The minimum atomic E-state index is -0.483. The number of fused-ring (bicyclic) bond motifs is 1. The van der Waals surface area contributed by atoms with Gasteiger partial charge < -0.3 is 13.9 Å². The fourth-order valence-electron chi connectivity index (χ4n) is 3.97.